The molecule has 0 aliphatic carbocycles. The Morgan fingerprint density at radius 3 is 2.79 bits per heavy atom. The lowest BCUT2D eigenvalue weighted by Gasteiger charge is -2.28. The number of hydrogen-bond acceptors (Lipinski definition) is 5. The highest BCUT2D eigenvalue weighted by Crippen LogP contribution is 2.29. The molecule has 144 valence electrons. The Kier molecular flexibility index (Phi) is 4.12. The number of rotatable bonds is 1. The highest BCUT2D eigenvalue weighted by atomic mass is 16.2. The van der Waals surface area contributed by atoms with E-state index in [0.29, 0.717) is 24.3 Å². The van der Waals surface area contributed by atoms with E-state index >= 15 is 0 Å². The molecule has 7 heteroatoms. The Bertz CT molecular complexity index is 1040. The van der Waals surface area contributed by atoms with Crippen LogP contribution in [0.5, 0.6) is 0 Å². The molecule has 4 heterocycles. The third-order valence-electron chi connectivity index (χ3n) is 6.25. The molecule has 2 aliphatic rings. The number of carbonyl (C=O) groups is 1. The lowest BCUT2D eigenvalue weighted by molar-refractivity contribution is 0.0731. The Morgan fingerprint density at radius 2 is 1.96 bits per heavy atom. The van der Waals surface area contributed by atoms with Crippen molar-refractivity contribution in [3.63, 3.8) is 0 Å². The van der Waals surface area contributed by atoms with Crippen LogP contribution in [0, 0.1) is 12.8 Å². The molecule has 28 heavy (non-hydrogen) atoms. The van der Waals surface area contributed by atoms with E-state index in [9.17, 15) is 4.79 Å². The summed E-state index contributed by atoms with van der Waals surface area (Å²) in [5.41, 5.74) is 3.73. The fourth-order valence-electron chi connectivity index (χ4n) is 4.47. The minimum atomic E-state index is -0.0993. The van der Waals surface area contributed by atoms with Gasteiger partial charge in [-0.05, 0) is 43.4 Å². The van der Waals surface area contributed by atoms with Crippen molar-refractivity contribution in [1.82, 2.24) is 29.4 Å². The first-order valence-corrected chi connectivity index (χ1v) is 9.88. The molecule has 1 unspecified atom stereocenters. The summed E-state index contributed by atoms with van der Waals surface area (Å²) in [6.07, 6.45) is 2.69. The van der Waals surface area contributed by atoms with E-state index < -0.39 is 0 Å². The molecule has 0 spiro atoms. The highest BCUT2D eigenvalue weighted by Gasteiger charge is 2.35. The van der Waals surface area contributed by atoms with E-state index in [0.717, 1.165) is 31.7 Å². The maximum absolute atomic E-state index is 13.2. The zero-order valence-electron chi connectivity index (χ0n) is 16.2. The monoisotopic (exact) mass is 376 g/mol. The SMILES string of the molecule is Cc1ccnc2nc(C(=O)N3CCN4Cc5ccccc5C[C@@H](C3)[C@H]4C)nn12. The first-order valence-electron chi connectivity index (χ1n) is 9.88. The molecule has 1 saturated heterocycles. The maximum Gasteiger partial charge on any atom is 0.293 e. The fourth-order valence-corrected chi connectivity index (χ4v) is 4.47. The van der Waals surface area contributed by atoms with Crippen LogP contribution in [-0.4, -0.2) is 61.0 Å². The van der Waals surface area contributed by atoms with Crippen LogP contribution in [0.15, 0.2) is 36.5 Å². The van der Waals surface area contributed by atoms with E-state index in [2.05, 4.69) is 51.2 Å². The van der Waals surface area contributed by atoms with E-state index in [1.165, 1.54) is 11.1 Å². The van der Waals surface area contributed by atoms with Gasteiger partial charge in [-0.2, -0.15) is 4.98 Å². The average Bonchev–Trinajstić information content (AvgIpc) is 3.03. The molecule has 3 aromatic rings. The summed E-state index contributed by atoms with van der Waals surface area (Å²) in [4.78, 5) is 26.2. The summed E-state index contributed by atoms with van der Waals surface area (Å²) in [5, 5.41) is 4.42. The molecular weight excluding hydrogens is 352 g/mol. The Labute approximate surface area is 164 Å². The van der Waals surface area contributed by atoms with Crippen molar-refractivity contribution in [2.75, 3.05) is 19.6 Å². The largest absolute Gasteiger partial charge is 0.334 e. The molecule has 1 aromatic carbocycles. The van der Waals surface area contributed by atoms with Crippen LogP contribution in [0.3, 0.4) is 0 Å². The molecule has 7 nitrogen and oxygen atoms in total. The molecule has 0 radical (unpaired) electrons. The minimum Gasteiger partial charge on any atom is -0.334 e. The van der Waals surface area contributed by atoms with Crippen LogP contribution in [0.1, 0.15) is 34.4 Å². The van der Waals surface area contributed by atoms with Gasteiger partial charge < -0.3 is 4.90 Å². The Balaban J connectivity index is 1.44. The molecule has 2 bridgehead atoms. The van der Waals surface area contributed by atoms with Gasteiger partial charge in [0.15, 0.2) is 0 Å². The lowest BCUT2D eigenvalue weighted by atomic mass is 9.92. The summed E-state index contributed by atoms with van der Waals surface area (Å²) >= 11 is 0. The number of aromatic nitrogens is 4. The smallest absolute Gasteiger partial charge is 0.293 e. The van der Waals surface area contributed by atoms with Gasteiger partial charge in [0, 0.05) is 44.1 Å². The Hall–Kier alpha value is -2.80. The quantitative estimate of drug-likeness (QED) is 0.649. The third kappa shape index (κ3) is 2.86. The van der Waals surface area contributed by atoms with Crippen molar-refractivity contribution in [2.45, 2.75) is 32.9 Å². The zero-order valence-corrected chi connectivity index (χ0v) is 16.2. The summed E-state index contributed by atoms with van der Waals surface area (Å²) in [5.74, 6) is 1.00. The summed E-state index contributed by atoms with van der Waals surface area (Å²) in [6, 6.07) is 11.0. The maximum atomic E-state index is 13.2. The number of aryl methyl sites for hydroxylation is 1. The van der Waals surface area contributed by atoms with Gasteiger partial charge in [-0.25, -0.2) is 9.50 Å². The second-order valence-electron chi connectivity index (χ2n) is 7.93. The number of nitrogens with zero attached hydrogens (tertiary/aromatic N) is 6. The molecule has 3 atom stereocenters. The third-order valence-corrected chi connectivity index (χ3v) is 6.25. The summed E-state index contributed by atoms with van der Waals surface area (Å²) in [6.45, 7) is 7.47. The van der Waals surface area contributed by atoms with E-state index in [1.807, 2.05) is 17.9 Å². The highest BCUT2D eigenvalue weighted by molar-refractivity contribution is 5.91. The van der Waals surface area contributed by atoms with Gasteiger partial charge in [-0.1, -0.05) is 24.3 Å². The topological polar surface area (TPSA) is 66.6 Å². The fraction of sp³-hybridized carbons (Fsp3) is 0.429. The van der Waals surface area contributed by atoms with Crippen LogP contribution < -0.4 is 0 Å². The van der Waals surface area contributed by atoms with Crippen molar-refractivity contribution < 1.29 is 4.79 Å². The number of carbonyl (C=O) groups excluding carboxylic acids is 1. The summed E-state index contributed by atoms with van der Waals surface area (Å²) in [7, 11) is 0. The first-order chi connectivity index (χ1) is 13.6. The molecule has 0 N–H and O–H groups in total. The number of benzene rings is 1. The molecule has 1 amide bonds. The first kappa shape index (κ1) is 17.3. The van der Waals surface area contributed by atoms with Crippen molar-refractivity contribution in [1.29, 1.82) is 0 Å². The van der Waals surface area contributed by atoms with Crippen LogP contribution in [-0.2, 0) is 13.0 Å². The number of hydrogen-bond donors (Lipinski definition) is 0. The van der Waals surface area contributed by atoms with Gasteiger partial charge >= 0.3 is 0 Å². The van der Waals surface area contributed by atoms with Crippen LogP contribution in [0.25, 0.3) is 5.78 Å². The minimum absolute atomic E-state index is 0.0993. The normalized spacial score (nSPS) is 24.5. The van der Waals surface area contributed by atoms with Crippen LogP contribution in [0.4, 0.5) is 0 Å². The van der Waals surface area contributed by atoms with E-state index in [-0.39, 0.29) is 11.7 Å². The van der Waals surface area contributed by atoms with Gasteiger partial charge in [-0.15, -0.1) is 5.10 Å². The van der Waals surface area contributed by atoms with Crippen LogP contribution in [0.2, 0.25) is 0 Å². The van der Waals surface area contributed by atoms with Crippen molar-refractivity contribution in [2.24, 2.45) is 5.92 Å². The number of fused-ring (bicyclic) bond motifs is 4. The second kappa shape index (κ2) is 6.67. The van der Waals surface area contributed by atoms with Gasteiger partial charge in [0.25, 0.3) is 11.7 Å². The predicted octanol–water partition coefficient (Wildman–Crippen LogP) is 1.95. The molecule has 2 aromatic heterocycles. The van der Waals surface area contributed by atoms with Crippen molar-refractivity contribution >= 4 is 11.7 Å². The van der Waals surface area contributed by atoms with Crippen LogP contribution >= 0.6 is 0 Å². The molecular formula is C21H24N6O. The molecule has 5 rings (SSSR count). The van der Waals surface area contributed by atoms with Gasteiger partial charge in [0.1, 0.15) is 0 Å². The van der Waals surface area contributed by atoms with Crippen molar-refractivity contribution in [3.8, 4) is 0 Å². The second-order valence-corrected chi connectivity index (χ2v) is 7.93. The number of amides is 1. The summed E-state index contributed by atoms with van der Waals surface area (Å²) < 4.78 is 1.64. The standard InChI is InChI=1S/C21H24N6O/c1-14-7-8-22-21-23-19(24-27(14)21)20(28)26-10-9-25-12-17-6-4-3-5-16(17)11-18(13-26)15(25)2/h3-8,15,18H,9-13H2,1-2H3/t15-,18+/m1/s1. The van der Waals surface area contributed by atoms with E-state index in [4.69, 9.17) is 0 Å². The van der Waals surface area contributed by atoms with E-state index in [1.54, 1.807) is 10.7 Å². The van der Waals surface area contributed by atoms with Gasteiger partial charge in [0.2, 0.25) is 5.82 Å². The zero-order chi connectivity index (χ0) is 19.3. The average molecular weight is 376 g/mol. The molecule has 0 saturated carbocycles. The molecule has 2 aliphatic heterocycles. The van der Waals surface area contributed by atoms with Gasteiger partial charge in [0.05, 0.1) is 0 Å². The van der Waals surface area contributed by atoms with Crippen molar-refractivity contribution in [3.05, 3.63) is 59.2 Å². The van der Waals surface area contributed by atoms with Gasteiger partial charge in [-0.3, -0.25) is 9.69 Å². The predicted molar refractivity (Wildman–Crippen MR) is 105 cm³/mol. The molecule has 1 fully saturated rings. The Morgan fingerprint density at radius 1 is 1.14 bits per heavy atom. The lowest BCUT2D eigenvalue weighted by Crippen LogP contribution is -2.38.